The normalized spacial score (nSPS) is 8.47. The Bertz CT molecular complexity index is 336. The lowest BCUT2D eigenvalue weighted by Gasteiger charge is -1.87. The zero-order valence-corrected chi connectivity index (χ0v) is 10.8. The highest BCUT2D eigenvalue weighted by molar-refractivity contribution is 5.85. The van der Waals surface area contributed by atoms with Crippen molar-refractivity contribution >= 4 is 17.8 Å². The number of ketones is 1. The van der Waals surface area contributed by atoms with Crippen LogP contribution >= 0.6 is 0 Å². The maximum Gasteiger partial charge on any atom is 0.328 e. The summed E-state index contributed by atoms with van der Waals surface area (Å²) in [5, 5.41) is 8.29. The molecular weight excluding hydrogens is 216 g/mol. The second kappa shape index (κ2) is 12.2. The van der Waals surface area contributed by atoms with Crippen molar-refractivity contribution in [1.82, 2.24) is 0 Å². The molecule has 0 aliphatic heterocycles. The quantitative estimate of drug-likeness (QED) is 0.800. The fourth-order valence-corrected chi connectivity index (χ4v) is 0.732. The molecule has 1 aromatic carbocycles. The summed E-state index contributed by atoms with van der Waals surface area (Å²) < 4.78 is 0. The number of hydrogen-bond donors (Lipinski definition) is 1. The lowest BCUT2D eigenvalue weighted by molar-refractivity contribution is -0.131. The van der Waals surface area contributed by atoms with Crippen LogP contribution in [0.15, 0.2) is 36.4 Å². The fourth-order valence-electron chi connectivity index (χ4n) is 0.732. The third kappa shape index (κ3) is 16.8. The van der Waals surface area contributed by atoms with Crippen LogP contribution in [0.4, 0.5) is 0 Å². The van der Waals surface area contributed by atoms with Crippen molar-refractivity contribution in [1.29, 1.82) is 0 Å². The maximum atomic E-state index is 10.1. The van der Waals surface area contributed by atoms with Crippen LogP contribution in [0.25, 0.3) is 6.08 Å². The minimum Gasteiger partial charge on any atom is -0.478 e. The smallest absolute Gasteiger partial charge is 0.328 e. The monoisotopic (exact) mass is 236 g/mol. The van der Waals surface area contributed by atoms with E-state index < -0.39 is 5.97 Å². The van der Waals surface area contributed by atoms with E-state index in [1.54, 1.807) is 6.08 Å². The van der Waals surface area contributed by atoms with Crippen molar-refractivity contribution in [2.75, 3.05) is 0 Å². The minimum atomic E-state index is -0.922. The lowest BCUT2D eigenvalue weighted by atomic mass is 10.2. The van der Waals surface area contributed by atoms with E-state index in [0.717, 1.165) is 11.6 Å². The third-order valence-electron chi connectivity index (χ3n) is 1.22. The van der Waals surface area contributed by atoms with Gasteiger partial charge in [-0.25, -0.2) is 4.79 Å². The predicted molar refractivity (Wildman–Crippen MR) is 70.8 cm³/mol. The highest BCUT2D eigenvalue weighted by atomic mass is 16.4. The fraction of sp³-hybridized carbons (Fsp3) is 0.286. The van der Waals surface area contributed by atoms with Crippen LogP contribution in [-0.2, 0) is 9.59 Å². The largest absolute Gasteiger partial charge is 0.478 e. The van der Waals surface area contributed by atoms with Gasteiger partial charge in [0.25, 0.3) is 0 Å². The van der Waals surface area contributed by atoms with E-state index in [1.807, 2.05) is 44.2 Å². The van der Waals surface area contributed by atoms with Gasteiger partial charge in [-0.2, -0.15) is 0 Å². The molecule has 3 heteroatoms. The summed E-state index contributed by atoms with van der Waals surface area (Å²) in [6, 6.07) is 9.31. The first-order valence-electron chi connectivity index (χ1n) is 5.45. The third-order valence-corrected chi connectivity index (χ3v) is 1.22. The van der Waals surface area contributed by atoms with Crippen LogP contribution in [0.1, 0.15) is 33.3 Å². The molecule has 0 aromatic heterocycles. The lowest BCUT2D eigenvalue weighted by Crippen LogP contribution is -1.85. The summed E-state index contributed by atoms with van der Waals surface area (Å²) in [5.41, 5.74) is 0.898. The molecule has 0 spiro atoms. The first-order valence-corrected chi connectivity index (χ1v) is 5.45. The number of carboxylic acid groups (broad SMARTS) is 1. The number of Topliss-reactive ketones (excluding diaryl/α,β-unsaturated/α-hetero) is 1. The predicted octanol–water partition coefficient (Wildman–Crippen LogP) is 3.41. The Morgan fingerprint density at radius 1 is 1.06 bits per heavy atom. The standard InChI is InChI=1S/C9H8O2.C3H6O.C2H6/c10-9(11)7-6-8-4-2-1-3-5-8;1-3(2)4;1-2/h1-7H,(H,10,11);1-2H3;1-2H3/b7-6+;;. The number of benzene rings is 1. The highest BCUT2D eigenvalue weighted by Gasteiger charge is 1.85. The average molecular weight is 236 g/mol. The molecule has 3 nitrogen and oxygen atoms in total. The summed E-state index contributed by atoms with van der Waals surface area (Å²) in [4.78, 5) is 19.5. The number of hydrogen-bond acceptors (Lipinski definition) is 2. The molecule has 0 fully saturated rings. The molecule has 0 saturated heterocycles. The molecule has 0 bridgehead atoms. The van der Waals surface area contributed by atoms with Gasteiger partial charge in [0.05, 0.1) is 0 Å². The highest BCUT2D eigenvalue weighted by Crippen LogP contribution is 1.99. The van der Waals surface area contributed by atoms with Gasteiger partial charge in [0.2, 0.25) is 0 Å². The molecule has 17 heavy (non-hydrogen) atoms. The van der Waals surface area contributed by atoms with Crippen LogP contribution in [0, 0.1) is 0 Å². The number of carbonyl (C=O) groups excluding carboxylic acids is 1. The van der Waals surface area contributed by atoms with E-state index in [1.165, 1.54) is 13.8 Å². The van der Waals surface area contributed by atoms with Gasteiger partial charge in [-0.3, -0.25) is 0 Å². The summed E-state index contributed by atoms with van der Waals surface area (Å²) >= 11 is 0. The van der Waals surface area contributed by atoms with E-state index in [-0.39, 0.29) is 5.78 Å². The summed E-state index contributed by atoms with van der Waals surface area (Å²) in [5.74, 6) is -0.756. The van der Waals surface area contributed by atoms with Gasteiger partial charge in [0.1, 0.15) is 5.78 Å². The molecular formula is C14H20O3. The van der Waals surface area contributed by atoms with E-state index in [2.05, 4.69) is 0 Å². The zero-order valence-electron chi connectivity index (χ0n) is 10.8. The van der Waals surface area contributed by atoms with Crippen molar-refractivity contribution in [2.45, 2.75) is 27.7 Å². The molecule has 0 amide bonds. The number of carboxylic acids is 1. The van der Waals surface area contributed by atoms with E-state index in [4.69, 9.17) is 5.11 Å². The molecule has 0 saturated carbocycles. The molecule has 0 aliphatic carbocycles. The van der Waals surface area contributed by atoms with Crippen molar-refractivity contribution in [2.24, 2.45) is 0 Å². The Kier molecular flexibility index (Phi) is 12.5. The Hall–Kier alpha value is -1.90. The molecule has 1 N–H and O–H groups in total. The van der Waals surface area contributed by atoms with Gasteiger partial charge in [-0.05, 0) is 25.5 Å². The van der Waals surface area contributed by atoms with Gasteiger partial charge in [0, 0.05) is 6.08 Å². The van der Waals surface area contributed by atoms with Crippen LogP contribution in [-0.4, -0.2) is 16.9 Å². The van der Waals surface area contributed by atoms with Gasteiger partial charge in [0.15, 0.2) is 0 Å². The van der Waals surface area contributed by atoms with Crippen molar-refractivity contribution in [3.63, 3.8) is 0 Å². The van der Waals surface area contributed by atoms with Crippen molar-refractivity contribution in [3.05, 3.63) is 42.0 Å². The van der Waals surface area contributed by atoms with Crippen LogP contribution < -0.4 is 0 Å². The Morgan fingerprint density at radius 3 is 1.82 bits per heavy atom. The number of carbonyl (C=O) groups is 2. The molecule has 0 aliphatic rings. The van der Waals surface area contributed by atoms with Gasteiger partial charge < -0.3 is 9.90 Å². The molecule has 1 aromatic rings. The number of rotatable bonds is 2. The molecule has 0 heterocycles. The first kappa shape index (κ1) is 17.5. The van der Waals surface area contributed by atoms with Gasteiger partial charge >= 0.3 is 5.97 Å². The number of aliphatic carboxylic acids is 1. The van der Waals surface area contributed by atoms with Crippen molar-refractivity contribution < 1.29 is 14.7 Å². The summed E-state index contributed by atoms with van der Waals surface area (Å²) in [7, 11) is 0. The Balaban J connectivity index is 0. The molecule has 0 radical (unpaired) electrons. The maximum absolute atomic E-state index is 10.1. The molecule has 94 valence electrons. The van der Waals surface area contributed by atoms with Crippen molar-refractivity contribution in [3.8, 4) is 0 Å². The summed E-state index contributed by atoms with van der Waals surface area (Å²) in [6.45, 7) is 7.06. The van der Waals surface area contributed by atoms with E-state index in [0.29, 0.717) is 0 Å². The average Bonchev–Trinajstić information content (AvgIpc) is 2.30. The zero-order chi connectivity index (χ0) is 13.7. The summed E-state index contributed by atoms with van der Waals surface area (Å²) in [6.07, 6.45) is 2.68. The molecule has 0 unspecified atom stereocenters. The molecule has 1 rings (SSSR count). The van der Waals surface area contributed by atoms with Crippen LogP contribution in [0.2, 0.25) is 0 Å². The second-order valence-corrected chi connectivity index (χ2v) is 2.99. The minimum absolute atomic E-state index is 0.167. The first-order chi connectivity index (χ1) is 8.02. The Labute approximate surface area is 103 Å². The van der Waals surface area contributed by atoms with Gasteiger partial charge in [-0.15, -0.1) is 0 Å². The topological polar surface area (TPSA) is 54.4 Å². The second-order valence-electron chi connectivity index (χ2n) is 2.99. The van der Waals surface area contributed by atoms with Gasteiger partial charge in [-0.1, -0.05) is 44.2 Å². The molecule has 0 atom stereocenters. The van der Waals surface area contributed by atoms with Crippen LogP contribution in [0.5, 0.6) is 0 Å². The van der Waals surface area contributed by atoms with E-state index in [9.17, 15) is 9.59 Å². The SMILES string of the molecule is CC.CC(C)=O.O=C(O)/C=C/c1ccccc1. The van der Waals surface area contributed by atoms with E-state index >= 15 is 0 Å². The Morgan fingerprint density at radius 2 is 1.47 bits per heavy atom. The van der Waals surface area contributed by atoms with Crippen LogP contribution in [0.3, 0.4) is 0 Å².